The normalized spacial score (nSPS) is 11.6. The molecule has 0 amide bonds. The Labute approximate surface area is 148 Å². The van der Waals surface area contributed by atoms with Crippen LogP contribution in [-0.4, -0.2) is 31.6 Å². The van der Waals surface area contributed by atoms with Crippen molar-refractivity contribution < 1.29 is 4.74 Å². The number of thiazole rings is 1. The summed E-state index contributed by atoms with van der Waals surface area (Å²) in [6.45, 7) is 5.79. The highest BCUT2D eigenvalue weighted by atomic mass is 32.1. The minimum Gasteiger partial charge on any atom is -0.496 e. The Bertz CT molecular complexity index is 667. The Balaban J connectivity index is 1.80. The van der Waals surface area contributed by atoms with Crippen molar-refractivity contribution >= 4 is 17.3 Å². The van der Waals surface area contributed by atoms with Crippen molar-refractivity contribution in [2.24, 2.45) is 4.99 Å². The molecule has 5 nitrogen and oxygen atoms in total. The van der Waals surface area contributed by atoms with E-state index in [4.69, 9.17) is 4.74 Å². The number of guanidine groups is 1. The van der Waals surface area contributed by atoms with Gasteiger partial charge < -0.3 is 15.4 Å². The zero-order valence-electron chi connectivity index (χ0n) is 14.8. The standard InChI is InChI=1S/C18H26N4OS/c1-13(2)15-12-24-17(22-15)11-21-18(19-3)20-10-9-14-7-5-6-8-16(14)23-4/h5-8,12-13H,9-11H2,1-4H3,(H2,19,20,21). The second kappa shape index (κ2) is 9.27. The number of methoxy groups -OCH3 is 1. The number of para-hydroxylation sites is 1. The van der Waals surface area contributed by atoms with E-state index in [-0.39, 0.29) is 0 Å². The zero-order chi connectivity index (χ0) is 17.4. The third kappa shape index (κ3) is 5.23. The van der Waals surface area contributed by atoms with Crippen molar-refractivity contribution in [1.29, 1.82) is 0 Å². The fourth-order valence-electron chi connectivity index (χ4n) is 2.28. The fourth-order valence-corrected chi connectivity index (χ4v) is 3.17. The first kappa shape index (κ1) is 18.3. The van der Waals surface area contributed by atoms with Gasteiger partial charge in [-0.3, -0.25) is 4.99 Å². The van der Waals surface area contributed by atoms with E-state index in [0.717, 1.165) is 35.4 Å². The van der Waals surface area contributed by atoms with Crippen LogP contribution in [0.3, 0.4) is 0 Å². The summed E-state index contributed by atoms with van der Waals surface area (Å²) in [6, 6.07) is 8.08. The molecule has 2 N–H and O–H groups in total. The molecule has 2 aromatic rings. The molecule has 0 unspecified atom stereocenters. The van der Waals surface area contributed by atoms with E-state index in [1.54, 1.807) is 25.5 Å². The molecule has 0 spiro atoms. The van der Waals surface area contributed by atoms with Crippen LogP contribution in [0.15, 0.2) is 34.6 Å². The molecule has 0 saturated heterocycles. The van der Waals surface area contributed by atoms with Gasteiger partial charge in [0.1, 0.15) is 10.8 Å². The molecule has 1 aromatic carbocycles. The number of hydrogen-bond acceptors (Lipinski definition) is 4. The van der Waals surface area contributed by atoms with Gasteiger partial charge in [0, 0.05) is 19.0 Å². The van der Waals surface area contributed by atoms with Crippen LogP contribution < -0.4 is 15.4 Å². The van der Waals surface area contributed by atoms with Gasteiger partial charge in [0.25, 0.3) is 0 Å². The monoisotopic (exact) mass is 346 g/mol. The van der Waals surface area contributed by atoms with Gasteiger partial charge >= 0.3 is 0 Å². The van der Waals surface area contributed by atoms with Gasteiger partial charge in [-0.1, -0.05) is 32.0 Å². The lowest BCUT2D eigenvalue weighted by Crippen LogP contribution is -2.37. The van der Waals surface area contributed by atoms with Crippen molar-refractivity contribution in [3.05, 3.63) is 45.9 Å². The Morgan fingerprint density at radius 3 is 2.75 bits per heavy atom. The van der Waals surface area contributed by atoms with Crippen LogP contribution in [-0.2, 0) is 13.0 Å². The third-order valence-electron chi connectivity index (χ3n) is 3.67. The molecule has 1 heterocycles. The molecule has 0 bridgehead atoms. The van der Waals surface area contributed by atoms with Crippen LogP contribution >= 0.6 is 11.3 Å². The number of rotatable bonds is 7. The number of benzene rings is 1. The van der Waals surface area contributed by atoms with Gasteiger partial charge in [0.05, 0.1) is 19.3 Å². The fraction of sp³-hybridized carbons (Fsp3) is 0.444. The van der Waals surface area contributed by atoms with Gasteiger partial charge in [0.15, 0.2) is 5.96 Å². The van der Waals surface area contributed by atoms with Crippen LogP contribution in [0.5, 0.6) is 5.75 Å². The van der Waals surface area contributed by atoms with E-state index in [1.165, 1.54) is 5.56 Å². The number of nitrogens with zero attached hydrogens (tertiary/aromatic N) is 2. The van der Waals surface area contributed by atoms with Crippen molar-refractivity contribution in [1.82, 2.24) is 15.6 Å². The second-order valence-corrected chi connectivity index (χ2v) is 6.68. The Morgan fingerprint density at radius 2 is 2.08 bits per heavy atom. The molecule has 0 aliphatic heterocycles. The summed E-state index contributed by atoms with van der Waals surface area (Å²) in [6.07, 6.45) is 0.874. The largest absolute Gasteiger partial charge is 0.496 e. The average molecular weight is 347 g/mol. The predicted molar refractivity (Wildman–Crippen MR) is 101 cm³/mol. The summed E-state index contributed by atoms with van der Waals surface area (Å²) in [4.78, 5) is 8.88. The SMILES string of the molecule is CN=C(NCCc1ccccc1OC)NCc1nc(C(C)C)cs1. The van der Waals surface area contributed by atoms with Crippen LogP contribution in [0.25, 0.3) is 0 Å². The molecule has 0 fully saturated rings. The quantitative estimate of drug-likeness (QED) is 0.597. The number of aliphatic imine (C=N–C) groups is 1. The molecule has 0 radical (unpaired) electrons. The zero-order valence-corrected chi connectivity index (χ0v) is 15.6. The van der Waals surface area contributed by atoms with Gasteiger partial charge in [-0.2, -0.15) is 0 Å². The van der Waals surface area contributed by atoms with E-state index >= 15 is 0 Å². The van der Waals surface area contributed by atoms with E-state index in [9.17, 15) is 0 Å². The summed E-state index contributed by atoms with van der Waals surface area (Å²) >= 11 is 1.68. The maximum atomic E-state index is 5.38. The molecule has 130 valence electrons. The van der Waals surface area contributed by atoms with Gasteiger partial charge in [-0.25, -0.2) is 4.98 Å². The molecule has 6 heteroatoms. The summed E-state index contributed by atoms with van der Waals surface area (Å²) in [5, 5.41) is 9.84. The van der Waals surface area contributed by atoms with E-state index in [2.05, 4.69) is 45.9 Å². The Morgan fingerprint density at radius 1 is 1.29 bits per heavy atom. The van der Waals surface area contributed by atoms with E-state index < -0.39 is 0 Å². The average Bonchev–Trinajstić information content (AvgIpc) is 3.07. The minimum atomic E-state index is 0.466. The van der Waals surface area contributed by atoms with E-state index in [0.29, 0.717) is 12.5 Å². The third-order valence-corrected chi connectivity index (χ3v) is 4.54. The Hall–Kier alpha value is -2.08. The lowest BCUT2D eigenvalue weighted by molar-refractivity contribution is 0.409. The van der Waals surface area contributed by atoms with Crippen LogP contribution in [0.2, 0.25) is 0 Å². The van der Waals surface area contributed by atoms with Crippen LogP contribution in [0.1, 0.15) is 36.0 Å². The van der Waals surface area contributed by atoms with Crippen LogP contribution in [0, 0.1) is 0 Å². The van der Waals surface area contributed by atoms with E-state index in [1.807, 2.05) is 18.2 Å². The molecule has 0 atom stereocenters. The Kier molecular flexibility index (Phi) is 7.06. The summed E-state index contributed by atoms with van der Waals surface area (Å²) in [5.41, 5.74) is 2.33. The molecule has 0 aliphatic carbocycles. The molecule has 0 aliphatic rings. The van der Waals surface area contributed by atoms with Crippen molar-refractivity contribution in [3.8, 4) is 5.75 Å². The molecule has 0 saturated carbocycles. The molecule has 1 aromatic heterocycles. The first-order chi connectivity index (χ1) is 11.6. The molecular weight excluding hydrogens is 320 g/mol. The van der Waals surface area contributed by atoms with Crippen molar-refractivity contribution in [3.63, 3.8) is 0 Å². The highest BCUT2D eigenvalue weighted by Gasteiger charge is 2.07. The van der Waals surface area contributed by atoms with Gasteiger partial charge in [-0.05, 0) is 24.0 Å². The van der Waals surface area contributed by atoms with Crippen molar-refractivity contribution in [2.45, 2.75) is 32.7 Å². The molecule has 24 heavy (non-hydrogen) atoms. The first-order valence-corrected chi connectivity index (χ1v) is 9.02. The van der Waals surface area contributed by atoms with Gasteiger partial charge in [-0.15, -0.1) is 11.3 Å². The number of aromatic nitrogens is 1. The second-order valence-electron chi connectivity index (χ2n) is 5.74. The highest BCUT2D eigenvalue weighted by Crippen LogP contribution is 2.18. The number of ether oxygens (including phenoxy) is 1. The predicted octanol–water partition coefficient (Wildman–Crippen LogP) is 3.18. The summed E-state index contributed by atoms with van der Waals surface area (Å²) in [5.74, 6) is 2.17. The topological polar surface area (TPSA) is 58.5 Å². The number of hydrogen-bond donors (Lipinski definition) is 2. The van der Waals surface area contributed by atoms with Gasteiger partial charge in [0.2, 0.25) is 0 Å². The smallest absolute Gasteiger partial charge is 0.191 e. The lowest BCUT2D eigenvalue weighted by Gasteiger charge is -2.12. The first-order valence-electron chi connectivity index (χ1n) is 8.14. The maximum absolute atomic E-state index is 5.38. The number of nitrogens with one attached hydrogen (secondary N) is 2. The van der Waals surface area contributed by atoms with Crippen LogP contribution in [0.4, 0.5) is 0 Å². The lowest BCUT2D eigenvalue weighted by atomic mass is 10.1. The molecule has 2 rings (SSSR count). The maximum Gasteiger partial charge on any atom is 0.191 e. The van der Waals surface area contributed by atoms with Crippen molar-refractivity contribution in [2.75, 3.05) is 20.7 Å². The molecular formula is C18H26N4OS. The highest BCUT2D eigenvalue weighted by molar-refractivity contribution is 7.09. The summed E-state index contributed by atoms with van der Waals surface area (Å²) < 4.78 is 5.38. The summed E-state index contributed by atoms with van der Waals surface area (Å²) in [7, 11) is 3.48. The minimum absolute atomic E-state index is 0.466.